The molecule has 0 saturated heterocycles. The molecule has 17 heavy (non-hydrogen) atoms. The van der Waals surface area contributed by atoms with Crippen LogP contribution in [0.3, 0.4) is 0 Å². The smallest absolute Gasteiger partial charge is 0.303 e. The van der Waals surface area contributed by atoms with Crippen LogP contribution in [-0.2, 0) is 18.3 Å². The summed E-state index contributed by atoms with van der Waals surface area (Å²) in [6, 6.07) is 0. The number of aliphatic carboxylic acids is 1. The van der Waals surface area contributed by atoms with Crippen LogP contribution in [0.5, 0.6) is 0 Å². The molecule has 0 spiro atoms. The number of carboxylic acid groups (broad SMARTS) is 1. The van der Waals surface area contributed by atoms with Gasteiger partial charge in [0.15, 0.2) is 5.82 Å². The van der Waals surface area contributed by atoms with E-state index in [1.807, 2.05) is 7.05 Å². The second-order valence-corrected chi connectivity index (χ2v) is 4.04. The number of rotatable bonds is 9. The number of aryl methyl sites for hydroxylation is 1. The molecule has 6 heteroatoms. The van der Waals surface area contributed by atoms with Gasteiger partial charge in [0.2, 0.25) is 0 Å². The van der Waals surface area contributed by atoms with Gasteiger partial charge >= 0.3 is 5.97 Å². The first-order valence-electron chi connectivity index (χ1n) is 5.95. The standard InChI is InChI=1S/C11H20N4O2/c1-15-9-13-10(14-15)6-8-12-7-4-2-3-5-11(16)17/h9,12H,2-8H2,1H3,(H,16,17). The number of nitrogens with one attached hydrogen (secondary N) is 1. The number of carboxylic acids is 1. The van der Waals surface area contributed by atoms with Crippen LogP contribution in [0, 0.1) is 0 Å². The molecule has 0 aliphatic carbocycles. The monoisotopic (exact) mass is 240 g/mol. The largest absolute Gasteiger partial charge is 0.481 e. The van der Waals surface area contributed by atoms with Gasteiger partial charge in [0.1, 0.15) is 6.33 Å². The van der Waals surface area contributed by atoms with Crippen molar-refractivity contribution in [1.82, 2.24) is 20.1 Å². The van der Waals surface area contributed by atoms with Crippen LogP contribution >= 0.6 is 0 Å². The molecular weight excluding hydrogens is 220 g/mol. The molecule has 0 aliphatic heterocycles. The third-order valence-electron chi connectivity index (χ3n) is 2.42. The van der Waals surface area contributed by atoms with Crippen LogP contribution < -0.4 is 5.32 Å². The molecule has 0 saturated carbocycles. The van der Waals surface area contributed by atoms with E-state index in [-0.39, 0.29) is 6.42 Å². The van der Waals surface area contributed by atoms with Gasteiger partial charge in [-0.15, -0.1) is 0 Å². The highest BCUT2D eigenvalue weighted by Crippen LogP contribution is 1.98. The van der Waals surface area contributed by atoms with Gasteiger partial charge in [0, 0.05) is 26.4 Å². The van der Waals surface area contributed by atoms with Crippen molar-refractivity contribution >= 4 is 5.97 Å². The van der Waals surface area contributed by atoms with Crippen LogP contribution in [0.4, 0.5) is 0 Å². The maximum absolute atomic E-state index is 10.3. The minimum Gasteiger partial charge on any atom is -0.481 e. The molecule has 1 rings (SSSR count). The van der Waals surface area contributed by atoms with Gasteiger partial charge in [-0.25, -0.2) is 4.98 Å². The second-order valence-electron chi connectivity index (χ2n) is 4.04. The van der Waals surface area contributed by atoms with Gasteiger partial charge < -0.3 is 10.4 Å². The van der Waals surface area contributed by atoms with Crippen LogP contribution in [-0.4, -0.2) is 38.9 Å². The summed E-state index contributed by atoms with van der Waals surface area (Å²) in [7, 11) is 1.85. The van der Waals surface area contributed by atoms with E-state index in [9.17, 15) is 4.79 Å². The molecule has 0 aliphatic rings. The van der Waals surface area contributed by atoms with Crippen LogP contribution in [0.2, 0.25) is 0 Å². The van der Waals surface area contributed by atoms with E-state index >= 15 is 0 Å². The quantitative estimate of drug-likeness (QED) is 0.618. The van der Waals surface area contributed by atoms with Crippen molar-refractivity contribution in [2.75, 3.05) is 13.1 Å². The molecule has 1 heterocycles. The Morgan fingerprint density at radius 2 is 2.24 bits per heavy atom. The molecule has 0 radical (unpaired) electrons. The van der Waals surface area contributed by atoms with Crippen molar-refractivity contribution in [2.45, 2.75) is 32.1 Å². The lowest BCUT2D eigenvalue weighted by atomic mass is 10.2. The van der Waals surface area contributed by atoms with Gasteiger partial charge in [-0.1, -0.05) is 6.42 Å². The van der Waals surface area contributed by atoms with Crippen LogP contribution in [0.1, 0.15) is 31.5 Å². The Kier molecular flexibility index (Phi) is 6.24. The zero-order chi connectivity index (χ0) is 12.5. The molecular formula is C11H20N4O2. The van der Waals surface area contributed by atoms with Gasteiger partial charge in [-0.05, 0) is 19.4 Å². The molecule has 0 aromatic carbocycles. The molecule has 0 unspecified atom stereocenters. The van der Waals surface area contributed by atoms with Crippen molar-refractivity contribution in [3.63, 3.8) is 0 Å². The molecule has 2 N–H and O–H groups in total. The number of carbonyl (C=O) groups is 1. The molecule has 1 aromatic rings. The normalized spacial score (nSPS) is 10.6. The summed E-state index contributed by atoms with van der Waals surface area (Å²) in [6.45, 7) is 1.79. The SMILES string of the molecule is Cn1cnc(CCNCCCCCC(=O)O)n1. The predicted molar refractivity (Wildman–Crippen MR) is 63.7 cm³/mol. The Morgan fingerprint density at radius 3 is 2.88 bits per heavy atom. The number of aromatic nitrogens is 3. The molecule has 1 aromatic heterocycles. The zero-order valence-corrected chi connectivity index (χ0v) is 10.2. The zero-order valence-electron chi connectivity index (χ0n) is 10.2. The molecule has 0 fully saturated rings. The second kappa shape index (κ2) is 7.78. The first-order chi connectivity index (χ1) is 8.18. The third kappa shape index (κ3) is 6.68. The summed E-state index contributed by atoms with van der Waals surface area (Å²) in [4.78, 5) is 14.4. The highest BCUT2D eigenvalue weighted by molar-refractivity contribution is 5.66. The van der Waals surface area contributed by atoms with E-state index in [4.69, 9.17) is 5.11 Å². The van der Waals surface area contributed by atoms with Crippen molar-refractivity contribution in [3.05, 3.63) is 12.2 Å². The Morgan fingerprint density at radius 1 is 1.41 bits per heavy atom. The van der Waals surface area contributed by atoms with E-state index in [0.717, 1.165) is 44.6 Å². The summed E-state index contributed by atoms with van der Waals surface area (Å²) in [5, 5.41) is 15.9. The summed E-state index contributed by atoms with van der Waals surface area (Å²) in [5.74, 6) is 0.144. The number of hydrogen-bond acceptors (Lipinski definition) is 4. The molecule has 0 atom stereocenters. The Bertz CT molecular complexity index is 338. The number of hydrogen-bond donors (Lipinski definition) is 2. The first-order valence-corrected chi connectivity index (χ1v) is 5.95. The third-order valence-corrected chi connectivity index (χ3v) is 2.42. The maximum atomic E-state index is 10.3. The predicted octanol–water partition coefficient (Wildman–Crippen LogP) is 0.592. The fraction of sp³-hybridized carbons (Fsp3) is 0.727. The van der Waals surface area contributed by atoms with Crippen molar-refractivity contribution in [1.29, 1.82) is 0 Å². The van der Waals surface area contributed by atoms with E-state index < -0.39 is 5.97 Å². The molecule has 96 valence electrons. The first kappa shape index (κ1) is 13.6. The molecule has 0 bridgehead atoms. The topological polar surface area (TPSA) is 80.0 Å². The average molecular weight is 240 g/mol. The van der Waals surface area contributed by atoms with Crippen molar-refractivity contribution in [3.8, 4) is 0 Å². The lowest BCUT2D eigenvalue weighted by Crippen LogP contribution is -2.19. The van der Waals surface area contributed by atoms with Gasteiger partial charge in [-0.3, -0.25) is 9.48 Å². The minimum absolute atomic E-state index is 0.276. The summed E-state index contributed by atoms with van der Waals surface area (Å²) >= 11 is 0. The summed E-state index contributed by atoms with van der Waals surface area (Å²) < 4.78 is 1.70. The van der Waals surface area contributed by atoms with Crippen LogP contribution in [0.15, 0.2) is 6.33 Å². The van der Waals surface area contributed by atoms with Gasteiger partial charge in [0.25, 0.3) is 0 Å². The van der Waals surface area contributed by atoms with Crippen molar-refractivity contribution in [2.24, 2.45) is 7.05 Å². The van der Waals surface area contributed by atoms with E-state index in [1.54, 1.807) is 11.0 Å². The van der Waals surface area contributed by atoms with E-state index in [0.29, 0.717) is 0 Å². The number of unbranched alkanes of at least 4 members (excludes halogenated alkanes) is 2. The van der Waals surface area contributed by atoms with Gasteiger partial charge in [-0.2, -0.15) is 5.10 Å². The highest BCUT2D eigenvalue weighted by Gasteiger charge is 1.98. The Labute approximate surface area is 101 Å². The highest BCUT2D eigenvalue weighted by atomic mass is 16.4. The van der Waals surface area contributed by atoms with Crippen LogP contribution in [0.25, 0.3) is 0 Å². The van der Waals surface area contributed by atoms with Crippen molar-refractivity contribution < 1.29 is 9.90 Å². The maximum Gasteiger partial charge on any atom is 0.303 e. The average Bonchev–Trinajstić information content (AvgIpc) is 2.68. The Balaban J connectivity index is 1.89. The van der Waals surface area contributed by atoms with Gasteiger partial charge in [0.05, 0.1) is 0 Å². The fourth-order valence-corrected chi connectivity index (χ4v) is 1.53. The summed E-state index contributed by atoms with van der Waals surface area (Å²) in [6.07, 6.45) is 5.54. The lowest BCUT2D eigenvalue weighted by Gasteiger charge is -2.02. The molecule has 0 amide bonds. The summed E-state index contributed by atoms with van der Waals surface area (Å²) in [5.41, 5.74) is 0. The van der Waals surface area contributed by atoms with E-state index in [1.165, 1.54) is 0 Å². The Hall–Kier alpha value is -1.43. The fourth-order valence-electron chi connectivity index (χ4n) is 1.53. The minimum atomic E-state index is -0.709. The van der Waals surface area contributed by atoms with E-state index in [2.05, 4.69) is 15.4 Å². The lowest BCUT2D eigenvalue weighted by molar-refractivity contribution is -0.137. The molecule has 6 nitrogen and oxygen atoms in total. The number of nitrogens with zero attached hydrogens (tertiary/aromatic N) is 3.